The Kier molecular flexibility index (Phi) is 13.9. The van der Waals surface area contributed by atoms with E-state index in [0.29, 0.717) is 17.4 Å². The van der Waals surface area contributed by atoms with Crippen LogP contribution in [0.3, 0.4) is 0 Å². The van der Waals surface area contributed by atoms with Gasteiger partial charge in [0.1, 0.15) is 6.54 Å². The van der Waals surface area contributed by atoms with Gasteiger partial charge in [0.2, 0.25) is 0 Å². The van der Waals surface area contributed by atoms with Crippen LogP contribution in [0.15, 0.2) is 12.2 Å². The van der Waals surface area contributed by atoms with Gasteiger partial charge in [-0.15, -0.1) is 0 Å². The molecule has 2 unspecified atom stereocenters. The molecule has 0 radical (unpaired) electrons. The van der Waals surface area contributed by atoms with Crippen LogP contribution >= 0.6 is 0 Å². The van der Waals surface area contributed by atoms with Crippen LogP contribution in [0, 0.1) is 0 Å². The number of aliphatic hydroxyl groups is 1. The highest BCUT2D eigenvalue weighted by Gasteiger charge is 2.24. The number of unbranched alkanes of at least 4 members (excludes halogenated alkanes) is 6. The lowest BCUT2D eigenvalue weighted by molar-refractivity contribution is -0.873. The lowest BCUT2D eigenvalue weighted by Gasteiger charge is -2.28. The molecule has 0 aromatic heterocycles. The van der Waals surface area contributed by atoms with E-state index < -0.39 is 24.1 Å². The number of hydrogen-bond acceptors (Lipinski definition) is 4. The number of aliphatic hydroxyl groups excluding tert-OH is 1. The molecule has 0 fully saturated rings. The largest absolute Gasteiger partial charge is 0.481 e. The van der Waals surface area contributed by atoms with Crippen LogP contribution < -0.4 is 0 Å². The molecule has 0 aliphatic rings. The first kappa shape index (κ1) is 25.6. The van der Waals surface area contributed by atoms with Crippen LogP contribution in [-0.2, 0) is 14.3 Å². The van der Waals surface area contributed by atoms with Gasteiger partial charge in [0.25, 0.3) is 0 Å². The van der Waals surface area contributed by atoms with Crippen molar-refractivity contribution in [2.24, 2.45) is 0 Å². The van der Waals surface area contributed by atoms with Gasteiger partial charge in [-0.2, -0.15) is 0 Å². The van der Waals surface area contributed by atoms with Crippen LogP contribution in [-0.4, -0.2) is 66.5 Å². The second-order valence-corrected chi connectivity index (χ2v) is 8.29. The molecular weight excluding hydrogens is 346 g/mol. The topological polar surface area (TPSA) is 83.8 Å². The fourth-order valence-corrected chi connectivity index (χ4v) is 2.91. The minimum atomic E-state index is -0.984. The first-order valence-corrected chi connectivity index (χ1v) is 10.2. The normalized spacial score (nSPS) is 14.3. The van der Waals surface area contributed by atoms with Gasteiger partial charge in [-0.05, 0) is 6.42 Å². The third kappa shape index (κ3) is 17.8. The number of aliphatic carboxylic acids is 1. The molecule has 2 N–H and O–H groups in total. The summed E-state index contributed by atoms with van der Waals surface area (Å²) in [6.07, 6.45) is 11.0. The molecule has 27 heavy (non-hydrogen) atoms. The van der Waals surface area contributed by atoms with E-state index in [4.69, 9.17) is 9.84 Å². The highest BCUT2D eigenvalue weighted by molar-refractivity contribution is 5.72. The smallest absolute Gasteiger partial charge is 0.310 e. The van der Waals surface area contributed by atoms with Crippen molar-refractivity contribution in [1.82, 2.24) is 0 Å². The maximum absolute atomic E-state index is 11.9. The van der Waals surface area contributed by atoms with Crippen LogP contribution in [0.25, 0.3) is 0 Å². The Morgan fingerprint density at radius 3 is 2.19 bits per heavy atom. The van der Waals surface area contributed by atoms with Gasteiger partial charge >= 0.3 is 11.9 Å². The molecule has 158 valence electrons. The molecule has 0 amide bonds. The Labute approximate surface area is 164 Å². The molecule has 0 bridgehead atoms. The van der Waals surface area contributed by atoms with Crippen LogP contribution in [0.2, 0.25) is 0 Å². The lowest BCUT2D eigenvalue weighted by Crippen LogP contribution is -2.43. The lowest BCUT2D eigenvalue weighted by atomic mass is 10.1. The summed E-state index contributed by atoms with van der Waals surface area (Å²) in [5.41, 5.74) is 0. The summed E-state index contributed by atoms with van der Waals surface area (Å²) in [6.45, 7) is 2.64. The van der Waals surface area contributed by atoms with Gasteiger partial charge in [-0.1, -0.05) is 64.0 Å². The minimum absolute atomic E-state index is 0.0430. The molecule has 6 heteroatoms. The van der Waals surface area contributed by atoms with Crippen molar-refractivity contribution in [3.8, 4) is 0 Å². The zero-order chi connectivity index (χ0) is 20.7. The van der Waals surface area contributed by atoms with E-state index in [9.17, 15) is 14.7 Å². The highest BCUT2D eigenvalue weighted by Crippen LogP contribution is 2.11. The van der Waals surface area contributed by atoms with Crippen molar-refractivity contribution in [2.75, 3.05) is 27.7 Å². The van der Waals surface area contributed by atoms with Crippen molar-refractivity contribution in [2.45, 2.75) is 83.3 Å². The van der Waals surface area contributed by atoms with Gasteiger partial charge in [0.15, 0.2) is 6.10 Å². The van der Waals surface area contributed by atoms with E-state index in [2.05, 4.69) is 6.92 Å². The number of rotatable bonds is 16. The van der Waals surface area contributed by atoms with Crippen LogP contribution in [0.1, 0.15) is 71.1 Å². The fourth-order valence-electron chi connectivity index (χ4n) is 2.91. The Hall–Kier alpha value is -1.40. The minimum Gasteiger partial charge on any atom is -0.481 e. The van der Waals surface area contributed by atoms with Crippen molar-refractivity contribution in [3.63, 3.8) is 0 Å². The van der Waals surface area contributed by atoms with Crippen molar-refractivity contribution in [1.29, 1.82) is 0 Å². The summed E-state index contributed by atoms with van der Waals surface area (Å²) < 4.78 is 5.81. The van der Waals surface area contributed by atoms with Crippen LogP contribution in [0.5, 0.6) is 0 Å². The first-order valence-electron chi connectivity index (χ1n) is 10.2. The molecule has 0 saturated carbocycles. The number of nitrogens with zero attached hydrogens (tertiary/aromatic N) is 1. The van der Waals surface area contributed by atoms with Crippen LogP contribution in [0.4, 0.5) is 0 Å². The van der Waals surface area contributed by atoms with Gasteiger partial charge in [-0.25, -0.2) is 0 Å². The number of esters is 1. The Balaban J connectivity index is 4.06. The molecule has 0 aliphatic heterocycles. The highest BCUT2D eigenvalue weighted by atomic mass is 16.5. The molecule has 0 aliphatic carbocycles. The molecule has 0 rings (SSSR count). The summed E-state index contributed by atoms with van der Waals surface area (Å²) in [7, 11) is 5.76. The number of carbonyl (C=O) groups is 2. The van der Waals surface area contributed by atoms with E-state index in [1.165, 1.54) is 32.1 Å². The predicted molar refractivity (Wildman–Crippen MR) is 107 cm³/mol. The number of hydrogen-bond donors (Lipinski definition) is 2. The number of likely N-dealkylation sites (N-methyl/N-ethyl adjacent to an activating group) is 1. The average Bonchev–Trinajstić information content (AvgIpc) is 2.51. The Morgan fingerprint density at radius 1 is 1.04 bits per heavy atom. The third-order valence-corrected chi connectivity index (χ3v) is 4.20. The molecule has 6 nitrogen and oxygen atoms in total. The molecule has 0 aromatic carbocycles. The summed E-state index contributed by atoms with van der Waals surface area (Å²) in [4.78, 5) is 22.9. The second kappa shape index (κ2) is 14.6. The monoisotopic (exact) mass is 386 g/mol. The van der Waals surface area contributed by atoms with Crippen molar-refractivity contribution >= 4 is 11.9 Å². The number of ether oxygens (including phenoxy) is 1. The summed E-state index contributed by atoms with van der Waals surface area (Å²) >= 11 is 0. The van der Waals surface area contributed by atoms with E-state index in [1.807, 2.05) is 21.1 Å². The number of carbonyl (C=O) groups excluding carboxylic acids is 1. The Bertz CT molecular complexity index is 442. The number of quaternary nitrogens is 1. The van der Waals surface area contributed by atoms with Gasteiger partial charge in [0.05, 0.1) is 40.1 Å². The van der Waals surface area contributed by atoms with Crippen molar-refractivity contribution in [3.05, 3.63) is 12.2 Å². The molecule has 0 heterocycles. The van der Waals surface area contributed by atoms with Crippen molar-refractivity contribution < 1.29 is 29.0 Å². The summed E-state index contributed by atoms with van der Waals surface area (Å²) in [5.74, 6) is -1.45. The number of carboxylic acid groups (broad SMARTS) is 1. The second-order valence-electron chi connectivity index (χ2n) is 8.29. The van der Waals surface area contributed by atoms with E-state index in [0.717, 1.165) is 12.8 Å². The number of carboxylic acids is 1. The summed E-state index contributed by atoms with van der Waals surface area (Å²) in [5, 5.41) is 18.9. The SMILES string of the molecule is CCCCCCCCCC(O)/C=C/CC(=O)OC(CC(=O)O)C[N+](C)(C)C. The Morgan fingerprint density at radius 2 is 1.63 bits per heavy atom. The van der Waals surface area contributed by atoms with Gasteiger partial charge in [-0.3, -0.25) is 9.59 Å². The maximum Gasteiger partial charge on any atom is 0.310 e. The predicted octanol–water partition coefficient (Wildman–Crippen LogP) is 3.53. The fraction of sp³-hybridized carbons (Fsp3) is 0.810. The molecular formula is C21H40NO5+. The molecule has 2 atom stereocenters. The van der Waals surface area contributed by atoms with E-state index >= 15 is 0 Å². The third-order valence-electron chi connectivity index (χ3n) is 4.20. The maximum atomic E-state index is 11.9. The summed E-state index contributed by atoms with van der Waals surface area (Å²) in [6, 6.07) is 0. The standard InChI is InChI=1S/C21H39NO5/c1-5-6-7-8-9-10-11-13-18(23)14-12-15-21(26)27-19(16-20(24)25)17-22(2,3)4/h12,14,18-19,23H,5-11,13,15-17H2,1-4H3/p+1/b14-12+. The zero-order valence-electron chi connectivity index (χ0n) is 17.7. The van der Waals surface area contributed by atoms with E-state index in [-0.39, 0.29) is 12.8 Å². The zero-order valence-corrected chi connectivity index (χ0v) is 17.7. The van der Waals surface area contributed by atoms with Gasteiger partial charge < -0.3 is 19.4 Å². The van der Waals surface area contributed by atoms with E-state index in [1.54, 1.807) is 12.2 Å². The quantitative estimate of drug-likeness (QED) is 0.183. The molecule has 0 spiro atoms. The molecule has 0 saturated heterocycles. The molecule has 0 aromatic rings. The average molecular weight is 387 g/mol. The van der Waals surface area contributed by atoms with Gasteiger partial charge in [0, 0.05) is 0 Å². The first-order chi connectivity index (χ1) is 12.6.